The van der Waals surface area contributed by atoms with Crippen molar-refractivity contribution >= 4 is 46.0 Å². The van der Waals surface area contributed by atoms with E-state index in [4.69, 9.17) is 16.7 Å². The van der Waals surface area contributed by atoms with Crippen molar-refractivity contribution in [3.63, 3.8) is 0 Å². The van der Waals surface area contributed by atoms with Crippen molar-refractivity contribution in [2.45, 2.75) is 12.2 Å². The Balaban J connectivity index is 0.000000151. The van der Waals surface area contributed by atoms with Crippen LogP contribution in [0.1, 0.15) is 31.8 Å². The molecule has 0 amide bonds. The summed E-state index contributed by atoms with van der Waals surface area (Å²) in [5.41, 5.74) is 5.00. The van der Waals surface area contributed by atoms with Gasteiger partial charge in [0.2, 0.25) is 10.9 Å². The zero-order valence-corrected chi connectivity index (χ0v) is 16.0. The molecule has 3 nitrogen and oxygen atoms in total. The van der Waals surface area contributed by atoms with Gasteiger partial charge in [-0.2, -0.15) is 0 Å². The van der Waals surface area contributed by atoms with Crippen LogP contribution < -0.4 is 0 Å². The number of thioether (sulfide) groups is 2. The predicted molar refractivity (Wildman–Crippen MR) is 109 cm³/mol. The molecule has 132 valence electrons. The lowest BCUT2D eigenvalue weighted by Gasteiger charge is -2.15. The molecule has 0 bridgehead atoms. The zero-order valence-electron chi connectivity index (χ0n) is 13.6. The molecule has 2 aliphatic rings. The third kappa shape index (κ3) is 4.06. The van der Waals surface area contributed by atoms with Crippen molar-refractivity contribution in [1.82, 2.24) is 0 Å². The van der Waals surface area contributed by atoms with E-state index < -0.39 is 0 Å². The average molecular weight is 403 g/mol. The van der Waals surface area contributed by atoms with Crippen LogP contribution in [0.5, 0.6) is 0 Å². The molecule has 26 heavy (non-hydrogen) atoms. The number of fused-ring (bicyclic) bond motifs is 2. The largest absolute Gasteiger partial charge is 0.515 e. The van der Waals surface area contributed by atoms with E-state index in [1.807, 2.05) is 48.5 Å². The highest BCUT2D eigenvalue weighted by Gasteiger charge is 2.21. The maximum absolute atomic E-state index is 11.7. The van der Waals surface area contributed by atoms with Gasteiger partial charge in [0.1, 0.15) is 0 Å². The first-order valence-electron chi connectivity index (χ1n) is 7.83. The van der Waals surface area contributed by atoms with Gasteiger partial charge in [-0.3, -0.25) is 9.59 Å². The van der Waals surface area contributed by atoms with Gasteiger partial charge >= 0.3 is 0 Å². The number of hydrogen-bond donors (Lipinski definition) is 1. The number of Topliss-reactive ketones (excluding diaryl/α,β-unsaturated/α-hetero) is 1. The minimum absolute atomic E-state index is 0.0159. The molecule has 0 spiro atoms. The van der Waals surface area contributed by atoms with Gasteiger partial charge in [0.25, 0.3) is 0 Å². The summed E-state index contributed by atoms with van der Waals surface area (Å²) >= 11 is 8.13. The number of carbonyl (C=O) groups excluding carboxylic acids is 2. The fraction of sp³-hybridized carbons (Fsp3) is 0.100. The minimum Gasteiger partial charge on any atom is -0.515 e. The molecule has 0 saturated heterocycles. The van der Waals surface area contributed by atoms with Crippen LogP contribution >= 0.6 is 35.1 Å². The molecule has 0 atom stereocenters. The van der Waals surface area contributed by atoms with Crippen molar-refractivity contribution in [3.8, 4) is 0 Å². The molecule has 6 heteroatoms. The van der Waals surface area contributed by atoms with Crippen molar-refractivity contribution < 1.29 is 14.7 Å². The predicted octanol–water partition coefficient (Wildman–Crippen LogP) is 5.71. The molecule has 4 rings (SSSR count). The first-order valence-corrected chi connectivity index (χ1v) is 10.1. The Morgan fingerprint density at radius 2 is 1.62 bits per heavy atom. The first kappa shape index (κ1) is 18.8. The van der Waals surface area contributed by atoms with Gasteiger partial charge in [-0.05, 0) is 22.9 Å². The number of benzene rings is 2. The van der Waals surface area contributed by atoms with E-state index in [2.05, 4.69) is 0 Å². The van der Waals surface area contributed by atoms with Gasteiger partial charge in [-0.25, -0.2) is 0 Å². The lowest BCUT2D eigenvalue weighted by Crippen LogP contribution is -2.09. The summed E-state index contributed by atoms with van der Waals surface area (Å²) in [7, 11) is 0. The Morgan fingerprint density at radius 3 is 2.31 bits per heavy atom. The number of rotatable bonds is 0. The smallest absolute Gasteiger partial charge is 0.224 e. The standard InChI is InChI=1S/C10H7ClOS.C10H8O2S/c11-5-9-10(12)8-4-2-1-3-7(8)6-13-9;11-6-8-5-7-3-1-2-4-9(7)10(12)13-8/h1-5H,6H2;1-4,6,11H,5H2. The van der Waals surface area contributed by atoms with Crippen molar-refractivity contribution in [1.29, 1.82) is 0 Å². The highest BCUT2D eigenvalue weighted by Crippen LogP contribution is 2.33. The Bertz CT molecular complexity index is 919. The summed E-state index contributed by atoms with van der Waals surface area (Å²) in [6.45, 7) is 0. The summed E-state index contributed by atoms with van der Waals surface area (Å²) in [6.07, 6.45) is 1.67. The van der Waals surface area contributed by atoms with E-state index in [0.29, 0.717) is 16.2 Å². The Labute approximate surface area is 165 Å². The van der Waals surface area contributed by atoms with Gasteiger partial charge in [-0.15, -0.1) is 11.8 Å². The van der Waals surface area contributed by atoms with Gasteiger partial charge in [0.15, 0.2) is 0 Å². The summed E-state index contributed by atoms with van der Waals surface area (Å²) in [5.74, 6) is 0.877. The van der Waals surface area contributed by atoms with Crippen LogP contribution in [-0.4, -0.2) is 16.0 Å². The van der Waals surface area contributed by atoms with Crippen LogP contribution in [0, 0.1) is 0 Å². The summed E-state index contributed by atoms with van der Waals surface area (Å²) < 4.78 is 0. The number of halogens is 1. The number of carbonyl (C=O) groups is 2. The Kier molecular flexibility index (Phi) is 6.25. The molecular weight excluding hydrogens is 388 g/mol. The third-order valence-corrected chi connectivity index (χ3v) is 6.27. The lowest BCUT2D eigenvalue weighted by molar-refractivity contribution is 0.104. The second-order valence-corrected chi connectivity index (χ2v) is 7.90. The second-order valence-electron chi connectivity index (χ2n) is 5.57. The zero-order chi connectivity index (χ0) is 18.5. The second kappa shape index (κ2) is 8.62. The molecule has 0 radical (unpaired) electrons. The number of hydrogen-bond acceptors (Lipinski definition) is 5. The SMILES string of the molecule is O=C1C(=CCl)SCc2ccccc21.O=C1SC(=CO)Cc2ccccc21. The monoisotopic (exact) mass is 402 g/mol. The molecule has 0 saturated carbocycles. The van der Waals surface area contributed by atoms with Crippen molar-refractivity contribution in [3.05, 3.63) is 92.4 Å². The third-order valence-electron chi connectivity index (χ3n) is 3.94. The first-order chi connectivity index (χ1) is 12.6. The van der Waals surface area contributed by atoms with E-state index in [1.54, 1.807) is 0 Å². The molecule has 2 aromatic carbocycles. The fourth-order valence-electron chi connectivity index (χ4n) is 2.65. The Morgan fingerprint density at radius 1 is 0.962 bits per heavy atom. The maximum atomic E-state index is 11.7. The molecule has 0 aliphatic carbocycles. The van der Waals surface area contributed by atoms with Crippen molar-refractivity contribution in [2.24, 2.45) is 0 Å². The topological polar surface area (TPSA) is 54.4 Å². The molecule has 2 aliphatic heterocycles. The average Bonchev–Trinajstić information content (AvgIpc) is 2.69. The van der Waals surface area contributed by atoms with Crippen LogP contribution in [0.3, 0.4) is 0 Å². The molecule has 0 aromatic heterocycles. The van der Waals surface area contributed by atoms with Gasteiger partial charge in [0.05, 0.1) is 11.2 Å². The van der Waals surface area contributed by atoms with Crippen LogP contribution in [0.2, 0.25) is 0 Å². The molecule has 2 heterocycles. The van der Waals surface area contributed by atoms with Crippen LogP contribution in [-0.2, 0) is 12.2 Å². The van der Waals surface area contributed by atoms with Gasteiger partial charge in [0, 0.05) is 33.7 Å². The normalized spacial score (nSPS) is 18.8. The van der Waals surface area contributed by atoms with E-state index >= 15 is 0 Å². The van der Waals surface area contributed by atoms with E-state index in [0.717, 1.165) is 46.0 Å². The Hall–Kier alpha value is -1.95. The van der Waals surface area contributed by atoms with E-state index in [-0.39, 0.29) is 10.9 Å². The lowest BCUT2D eigenvalue weighted by atomic mass is 10.0. The van der Waals surface area contributed by atoms with Crippen LogP contribution in [0.15, 0.2) is 70.1 Å². The molecule has 1 N–H and O–H groups in total. The van der Waals surface area contributed by atoms with Gasteiger partial charge < -0.3 is 5.11 Å². The van der Waals surface area contributed by atoms with Crippen LogP contribution in [0.25, 0.3) is 0 Å². The quantitative estimate of drug-likeness (QED) is 0.451. The van der Waals surface area contributed by atoms with E-state index in [9.17, 15) is 9.59 Å². The molecule has 0 unspecified atom stereocenters. The number of ketones is 1. The maximum Gasteiger partial charge on any atom is 0.224 e. The van der Waals surface area contributed by atoms with Crippen LogP contribution in [0.4, 0.5) is 0 Å². The van der Waals surface area contributed by atoms with Gasteiger partial charge in [-0.1, -0.05) is 60.1 Å². The molecule has 2 aromatic rings. The van der Waals surface area contributed by atoms with Crippen molar-refractivity contribution in [2.75, 3.05) is 0 Å². The molecule has 0 fully saturated rings. The number of allylic oxidation sites excluding steroid dienone is 2. The summed E-state index contributed by atoms with van der Waals surface area (Å²) in [5, 5.41) is 8.82. The molecular formula is C20H15ClO3S2. The highest BCUT2D eigenvalue weighted by atomic mass is 35.5. The highest BCUT2D eigenvalue weighted by molar-refractivity contribution is 8.17. The fourth-order valence-corrected chi connectivity index (χ4v) is 4.63. The number of aliphatic hydroxyl groups is 1. The number of aliphatic hydroxyl groups excluding tert-OH is 1. The summed E-state index contributed by atoms with van der Waals surface area (Å²) in [6, 6.07) is 15.1. The van der Waals surface area contributed by atoms with E-state index in [1.165, 1.54) is 17.3 Å². The minimum atomic E-state index is 0.0159. The summed E-state index contributed by atoms with van der Waals surface area (Å²) in [4.78, 5) is 24.5.